The number of nitrogens with zero attached hydrogens (tertiary/aromatic N) is 2. The van der Waals surface area contributed by atoms with Crippen LogP contribution in [0.5, 0.6) is 0 Å². The Kier molecular flexibility index (Phi) is 4.16. The Labute approximate surface area is 162 Å². The number of nitrogens with two attached hydrogens (primary N) is 1. The van der Waals surface area contributed by atoms with Crippen molar-refractivity contribution in [2.75, 3.05) is 0 Å². The molecule has 2 aliphatic rings. The summed E-state index contributed by atoms with van der Waals surface area (Å²) in [6, 6.07) is 9.75. The second kappa shape index (κ2) is 6.71. The molecule has 0 saturated heterocycles. The third-order valence-electron chi connectivity index (χ3n) is 6.06. The zero-order valence-corrected chi connectivity index (χ0v) is 15.7. The molecule has 6 nitrogen and oxygen atoms in total. The first-order valence-electron chi connectivity index (χ1n) is 10.1. The predicted molar refractivity (Wildman–Crippen MR) is 109 cm³/mol. The summed E-state index contributed by atoms with van der Waals surface area (Å²) >= 11 is 0. The molecule has 3 N–H and O–H groups in total. The summed E-state index contributed by atoms with van der Waals surface area (Å²) in [5.74, 6) is 0.393. The molecule has 2 fully saturated rings. The first-order valence-corrected chi connectivity index (χ1v) is 10.1. The molecule has 3 aromatic rings. The van der Waals surface area contributed by atoms with Crippen LogP contribution in [0.4, 0.5) is 0 Å². The lowest BCUT2D eigenvalue weighted by Crippen LogP contribution is -2.40. The molecule has 0 bridgehead atoms. The van der Waals surface area contributed by atoms with Crippen molar-refractivity contribution < 1.29 is 4.79 Å². The minimum absolute atomic E-state index is 0.124. The summed E-state index contributed by atoms with van der Waals surface area (Å²) in [6.45, 7) is 0. The highest BCUT2D eigenvalue weighted by atomic mass is 16.2. The molecule has 0 atom stereocenters. The minimum atomic E-state index is -0.181. The van der Waals surface area contributed by atoms with Gasteiger partial charge in [0, 0.05) is 18.3 Å². The first-order chi connectivity index (χ1) is 13.6. The van der Waals surface area contributed by atoms with Gasteiger partial charge in [0.1, 0.15) is 0 Å². The molecule has 2 aliphatic carbocycles. The van der Waals surface area contributed by atoms with Gasteiger partial charge in [0.2, 0.25) is 0 Å². The predicted octanol–water partition coefficient (Wildman–Crippen LogP) is 2.72. The summed E-state index contributed by atoms with van der Waals surface area (Å²) in [5.41, 5.74) is 8.51. The third-order valence-corrected chi connectivity index (χ3v) is 6.06. The van der Waals surface area contributed by atoms with Gasteiger partial charge < -0.3 is 11.1 Å². The Bertz CT molecular complexity index is 1120. The normalized spacial score (nSPS) is 22.5. The molecular formula is C22H24N4O2. The Hall–Kier alpha value is -2.73. The van der Waals surface area contributed by atoms with Crippen molar-refractivity contribution in [1.29, 1.82) is 0 Å². The van der Waals surface area contributed by atoms with Crippen LogP contribution in [-0.4, -0.2) is 27.4 Å². The van der Waals surface area contributed by atoms with E-state index >= 15 is 0 Å². The van der Waals surface area contributed by atoms with Crippen molar-refractivity contribution in [1.82, 2.24) is 14.7 Å². The quantitative estimate of drug-likeness (QED) is 0.688. The van der Waals surface area contributed by atoms with Crippen LogP contribution >= 0.6 is 0 Å². The Morgan fingerprint density at radius 2 is 1.89 bits per heavy atom. The molecule has 2 saturated carbocycles. The second-order valence-electron chi connectivity index (χ2n) is 8.17. The minimum Gasteiger partial charge on any atom is -0.349 e. The molecule has 1 amide bonds. The fourth-order valence-corrected chi connectivity index (χ4v) is 4.22. The maximum Gasteiger partial charge on any atom is 0.265 e. The van der Waals surface area contributed by atoms with Gasteiger partial charge in [-0.2, -0.15) is 0 Å². The van der Waals surface area contributed by atoms with Gasteiger partial charge in [-0.15, -0.1) is 0 Å². The van der Waals surface area contributed by atoms with E-state index in [1.165, 1.54) is 22.8 Å². The van der Waals surface area contributed by atoms with E-state index in [0.717, 1.165) is 25.7 Å². The Morgan fingerprint density at radius 3 is 2.64 bits per heavy atom. The van der Waals surface area contributed by atoms with E-state index in [-0.39, 0.29) is 23.6 Å². The molecule has 1 aromatic carbocycles. The van der Waals surface area contributed by atoms with Crippen molar-refractivity contribution >= 4 is 22.5 Å². The van der Waals surface area contributed by atoms with E-state index < -0.39 is 0 Å². The molecule has 0 radical (unpaired) electrons. The van der Waals surface area contributed by atoms with Gasteiger partial charge in [-0.1, -0.05) is 6.07 Å². The molecule has 2 heterocycles. The molecule has 144 valence electrons. The Balaban J connectivity index is 1.54. The number of hydrogen-bond donors (Lipinski definition) is 2. The monoisotopic (exact) mass is 376 g/mol. The number of aromatic nitrogens is 2. The highest BCUT2D eigenvalue weighted by Gasteiger charge is 2.25. The molecule has 0 unspecified atom stereocenters. The number of nitrogens with one attached hydrogen (secondary N) is 1. The number of fused-ring (bicyclic) bond motifs is 2. The van der Waals surface area contributed by atoms with E-state index in [2.05, 4.69) is 16.4 Å². The van der Waals surface area contributed by atoms with E-state index in [4.69, 9.17) is 5.73 Å². The van der Waals surface area contributed by atoms with Crippen LogP contribution in [0.2, 0.25) is 0 Å². The van der Waals surface area contributed by atoms with Crippen LogP contribution in [0.25, 0.3) is 16.6 Å². The van der Waals surface area contributed by atoms with Gasteiger partial charge in [0.05, 0.1) is 16.5 Å². The fraction of sp³-hybridized carbons (Fsp3) is 0.409. The van der Waals surface area contributed by atoms with Gasteiger partial charge in [0.15, 0.2) is 5.65 Å². The van der Waals surface area contributed by atoms with E-state index in [1.54, 1.807) is 18.3 Å². The van der Waals surface area contributed by atoms with Crippen LogP contribution < -0.4 is 16.6 Å². The van der Waals surface area contributed by atoms with E-state index in [1.807, 2.05) is 12.1 Å². The second-order valence-corrected chi connectivity index (χ2v) is 8.17. The number of carbonyl (C=O) groups is 1. The van der Waals surface area contributed by atoms with Crippen LogP contribution in [0, 0.1) is 0 Å². The molecule has 28 heavy (non-hydrogen) atoms. The standard InChI is InChI=1S/C22H24N4O2/c23-15-6-8-16(9-7-15)24-21(27)17-2-1-11-26-20(17)25-19-10-5-14(13-3-4-13)12-18(19)22(26)28/h1-2,5,10-13,15-16H,3-4,6-9,23H2,(H,24,27)/t15-,16-. The number of benzene rings is 1. The van der Waals surface area contributed by atoms with Crippen molar-refractivity contribution in [2.45, 2.75) is 56.5 Å². The number of carbonyl (C=O) groups excluding carboxylic acids is 1. The summed E-state index contributed by atoms with van der Waals surface area (Å²) < 4.78 is 1.49. The lowest BCUT2D eigenvalue weighted by atomic mass is 9.91. The van der Waals surface area contributed by atoms with Crippen LogP contribution in [0.15, 0.2) is 41.3 Å². The van der Waals surface area contributed by atoms with Crippen LogP contribution in [0.1, 0.15) is 60.4 Å². The topological polar surface area (TPSA) is 89.5 Å². The largest absolute Gasteiger partial charge is 0.349 e. The number of amides is 1. The maximum atomic E-state index is 13.1. The molecular weight excluding hydrogens is 352 g/mol. The highest BCUT2D eigenvalue weighted by Crippen LogP contribution is 2.40. The first kappa shape index (κ1) is 17.4. The average molecular weight is 376 g/mol. The number of pyridine rings is 1. The zero-order valence-electron chi connectivity index (χ0n) is 15.7. The summed E-state index contributed by atoms with van der Waals surface area (Å²) in [5, 5.41) is 3.71. The van der Waals surface area contributed by atoms with Gasteiger partial charge in [-0.25, -0.2) is 4.98 Å². The fourth-order valence-electron chi connectivity index (χ4n) is 4.22. The highest BCUT2D eigenvalue weighted by molar-refractivity contribution is 6.00. The lowest BCUT2D eigenvalue weighted by molar-refractivity contribution is 0.0927. The van der Waals surface area contributed by atoms with Crippen molar-refractivity contribution in [3.05, 3.63) is 58.0 Å². The van der Waals surface area contributed by atoms with Crippen molar-refractivity contribution in [2.24, 2.45) is 5.73 Å². The SMILES string of the molecule is N[C@H]1CC[C@H](NC(=O)c2cccn3c(=O)c4cc(C5CC5)ccc4nc23)CC1. The van der Waals surface area contributed by atoms with E-state index in [0.29, 0.717) is 28.0 Å². The van der Waals surface area contributed by atoms with Gasteiger partial charge >= 0.3 is 0 Å². The zero-order chi connectivity index (χ0) is 19.3. The van der Waals surface area contributed by atoms with Crippen molar-refractivity contribution in [3.63, 3.8) is 0 Å². The molecule has 0 spiro atoms. The Morgan fingerprint density at radius 1 is 1.11 bits per heavy atom. The number of rotatable bonds is 3. The third kappa shape index (κ3) is 3.07. The molecule has 2 aromatic heterocycles. The van der Waals surface area contributed by atoms with Crippen LogP contribution in [0.3, 0.4) is 0 Å². The smallest absolute Gasteiger partial charge is 0.265 e. The summed E-state index contributed by atoms with van der Waals surface area (Å²) in [4.78, 5) is 30.6. The van der Waals surface area contributed by atoms with Gasteiger partial charge in [-0.3, -0.25) is 14.0 Å². The number of hydrogen-bond acceptors (Lipinski definition) is 4. The van der Waals surface area contributed by atoms with Crippen LogP contribution in [-0.2, 0) is 0 Å². The van der Waals surface area contributed by atoms with Gasteiger partial charge in [-0.05, 0) is 74.3 Å². The molecule has 0 aliphatic heterocycles. The summed E-state index contributed by atoms with van der Waals surface area (Å²) in [7, 11) is 0. The van der Waals surface area contributed by atoms with Crippen molar-refractivity contribution in [3.8, 4) is 0 Å². The average Bonchev–Trinajstić information content (AvgIpc) is 3.55. The lowest BCUT2D eigenvalue weighted by Gasteiger charge is -2.26. The molecule has 6 heteroatoms. The maximum absolute atomic E-state index is 13.1. The molecule has 5 rings (SSSR count). The summed E-state index contributed by atoms with van der Waals surface area (Å²) in [6.07, 6.45) is 7.67. The van der Waals surface area contributed by atoms with E-state index in [9.17, 15) is 9.59 Å². The van der Waals surface area contributed by atoms with Gasteiger partial charge in [0.25, 0.3) is 11.5 Å².